The van der Waals surface area contributed by atoms with Crippen LogP contribution in [0.25, 0.3) is 0 Å². The maximum Gasteiger partial charge on any atom is 0.0338 e. The summed E-state index contributed by atoms with van der Waals surface area (Å²) in [4.78, 5) is 0. The summed E-state index contributed by atoms with van der Waals surface area (Å²) in [7, 11) is 0. The first kappa shape index (κ1) is 5.88. The third-order valence-corrected chi connectivity index (χ3v) is 0.596. The zero-order valence-corrected chi connectivity index (χ0v) is 4.18. The first-order chi connectivity index (χ1) is 2.64. The maximum atomic E-state index is 5.05. The molecule has 0 aromatic carbocycles. The first-order valence-electron chi connectivity index (χ1n) is 1.93. The van der Waals surface area contributed by atoms with Gasteiger partial charge in [0.1, 0.15) is 0 Å². The van der Waals surface area contributed by atoms with Crippen molar-refractivity contribution in [2.45, 2.75) is 19.9 Å². The zero-order chi connectivity index (χ0) is 5.15. The highest BCUT2D eigenvalue weighted by molar-refractivity contribution is 4.40. The second-order valence-electron chi connectivity index (χ2n) is 1.54. The van der Waals surface area contributed by atoms with Crippen LogP contribution < -0.4 is 11.7 Å². The first-order valence-corrected chi connectivity index (χ1v) is 1.93. The SMILES string of the molecule is CC(C)N(N)N. The highest BCUT2D eigenvalue weighted by atomic mass is 15.6. The Hall–Kier alpha value is -0.120. The molecule has 38 valence electrons. The molecule has 0 saturated heterocycles. The summed E-state index contributed by atoms with van der Waals surface area (Å²) in [6.45, 7) is 3.83. The summed E-state index contributed by atoms with van der Waals surface area (Å²) in [5.41, 5.74) is 0. The Labute approximate surface area is 37.8 Å². The van der Waals surface area contributed by atoms with E-state index in [9.17, 15) is 0 Å². The lowest BCUT2D eigenvalue weighted by molar-refractivity contribution is 0.235. The van der Waals surface area contributed by atoms with Gasteiger partial charge in [0, 0.05) is 6.04 Å². The van der Waals surface area contributed by atoms with E-state index in [1.165, 1.54) is 5.12 Å². The van der Waals surface area contributed by atoms with E-state index in [1.54, 1.807) is 0 Å². The van der Waals surface area contributed by atoms with Gasteiger partial charge in [0.05, 0.1) is 0 Å². The fourth-order valence-electron chi connectivity index (χ4n) is 0. The van der Waals surface area contributed by atoms with Crippen LogP contribution in [-0.2, 0) is 0 Å². The monoisotopic (exact) mass is 89.1 g/mol. The van der Waals surface area contributed by atoms with Crippen molar-refractivity contribution in [3.8, 4) is 0 Å². The Kier molecular flexibility index (Phi) is 2.08. The predicted octanol–water partition coefficient (Wildman–Crippen LogP) is -0.556. The molecule has 4 N–H and O–H groups in total. The van der Waals surface area contributed by atoms with Crippen LogP contribution in [0.15, 0.2) is 0 Å². The molecule has 0 aliphatic carbocycles. The lowest BCUT2D eigenvalue weighted by Gasteiger charge is -2.11. The van der Waals surface area contributed by atoms with E-state index in [-0.39, 0.29) is 6.04 Å². The fraction of sp³-hybridized carbons (Fsp3) is 1.00. The molecule has 0 saturated carbocycles. The molecule has 0 aliphatic heterocycles. The Morgan fingerprint density at radius 1 is 1.33 bits per heavy atom. The lowest BCUT2D eigenvalue weighted by Crippen LogP contribution is -2.43. The van der Waals surface area contributed by atoms with Crippen LogP contribution in [0, 0.1) is 0 Å². The van der Waals surface area contributed by atoms with Crippen LogP contribution in [-0.4, -0.2) is 11.2 Å². The molecule has 3 nitrogen and oxygen atoms in total. The van der Waals surface area contributed by atoms with Crippen molar-refractivity contribution >= 4 is 0 Å². The molecule has 0 aliphatic rings. The van der Waals surface area contributed by atoms with Gasteiger partial charge < -0.3 is 0 Å². The van der Waals surface area contributed by atoms with Gasteiger partial charge in [-0.1, -0.05) is 0 Å². The summed E-state index contributed by atoms with van der Waals surface area (Å²) < 4.78 is 0. The van der Waals surface area contributed by atoms with Crippen molar-refractivity contribution in [1.82, 2.24) is 5.12 Å². The predicted molar refractivity (Wildman–Crippen MR) is 25.3 cm³/mol. The minimum atomic E-state index is 0.241. The van der Waals surface area contributed by atoms with E-state index in [0.29, 0.717) is 0 Å². The molecule has 0 radical (unpaired) electrons. The zero-order valence-electron chi connectivity index (χ0n) is 4.18. The van der Waals surface area contributed by atoms with E-state index in [4.69, 9.17) is 11.7 Å². The van der Waals surface area contributed by atoms with Crippen LogP contribution in [0.5, 0.6) is 0 Å². The van der Waals surface area contributed by atoms with E-state index < -0.39 is 0 Å². The highest BCUT2D eigenvalue weighted by Gasteiger charge is 1.91. The number of hydrogen-bond acceptors (Lipinski definition) is 3. The van der Waals surface area contributed by atoms with E-state index in [2.05, 4.69) is 0 Å². The summed E-state index contributed by atoms with van der Waals surface area (Å²) in [6, 6.07) is 0.241. The van der Waals surface area contributed by atoms with Crippen LogP contribution in [0.3, 0.4) is 0 Å². The normalized spacial score (nSPS) is 11.0. The van der Waals surface area contributed by atoms with E-state index in [0.717, 1.165) is 0 Å². The van der Waals surface area contributed by atoms with Gasteiger partial charge in [0.2, 0.25) is 0 Å². The number of hydrogen-bond donors (Lipinski definition) is 2. The summed E-state index contributed by atoms with van der Waals surface area (Å²) in [6.07, 6.45) is 0. The molecule has 0 fully saturated rings. The Balaban J connectivity index is 2.99. The number of hydrazine groups is 2. The van der Waals surface area contributed by atoms with Gasteiger partial charge in [0.15, 0.2) is 0 Å². The molecule has 0 rings (SSSR count). The standard InChI is InChI=1S/C3H11N3/c1-3(2)6(4)5/h3H,4-5H2,1-2H3. The van der Waals surface area contributed by atoms with Crippen molar-refractivity contribution < 1.29 is 0 Å². The molecular formula is C3H11N3. The quantitative estimate of drug-likeness (QED) is 0.334. The van der Waals surface area contributed by atoms with Crippen LogP contribution in [0.2, 0.25) is 0 Å². The van der Waals surface area contributed by atoms with Gasteiger partial charge in [-0.15, -0.1) is 0 Å². The van der Waals surface area contributed by atoms with Crippen molar-refractivity contribution in [2.75, 3.05) is 0 Å². The van der Waals surface area contributed by atoms with Crippen LogP contribution in [0.4, 0.5) is 0 Å². The van der Waals surface area contributed by atoms with Gasteiger partial charge >= 0.3 is 0 Å². The summed E-state index contributed by atoms with van der Waals surface area (Å²) in [5.74, 6) is 10.1. The second-order valence-corrected chi connectivity index (χ2v) is 1.54. The fourth-order valence-corrected chi connectivity index (χ4v) is 0. The van der Waals surface area contributed by atoms with Gasteiger partial charge in [-0.25, -0.2) is 0 Å². The summed E-state index contributed by atoms with van der Waals surface area (Å²) >= 11 is 0. The Bertz CT molecular complexity index is 27.0. The van der Waals surface area contributed by atoms with Crippen LogP contribution >= 0.6 is 0 Å². The van der Waals surface area contributed by atoms with Crippen molar-refractivity contribution in [3.63, 3.8) is 0 Å². The van der Waals surface area contributed by atoms with Gasteiger partial charge in [-0.3, -0.25) is 11.7 Å². The minimum absolute atomic E-state index is 0.241. The van der Waals surface area contributed by atoms with Gasteiger partial charge in [0.25, 0.3) is 0 Å². The molecule has 0 aromatic rings. The molecule has 0 unspecified atom stereocenters. The average molecular weight is 89.1 g/mol. The molecule has 0 atom stereocenters. The number of nitrogens with two attached hydrogens (primary N) is 2. The molecule has 0 amide bonds. The third kappa shape index (κ3) is 2.14. The minimum Gasteiger partial charge on any atom is -0.255 e. The Morgan fingerprint density at radius 2 is 1.50 bits per heavy atom. The Morgan fingerprint density at radius 3 is 1.50 bits per heavy atom. The molecule has 0 aromatic heterocycles. The van der Waals surface area contributed by atoms with E-state index >= 15 is 0 Å². The van der Waals surface area contributed by atoms with Crippen molar-refractivity contribution in [2.24, 2.45) is 11.7 Å². The molecular weight excluding hydrogens is 78.1 g/mol. The average Bonchev–Trinajstić information content (AvgIpc) is 1.36. The summed E-state index contributed by atoms with van der Waals surface area (Å²) in [5, 5.41) is 1.17. The smallest absolute Gasteiger partial charge is 0.0338 e. The molecule has 3 heteroatoms. The second kappa shape index (κ2) is 2.12. The van der Waals surface area contributed by atoms with Gasteiger partial charge in [-0.2, -0.15) is 5.12 Å². The lowest BCUT2D eigenvalue weighted by atomic mass is 10.4. The molecule has 6 heavy (non-hydrogen) atoms. The number of nitrogens with zero attached hydrogens (tertiary/aromatic N) is 1. The third-order valence-electron chi connectivity index (χ3n) is 0.596. The molecule has 0 spiro atoms. The maximum absolute atomic E-state index is 5.05. The van der Waals surface area contributed by atoms with Crippen molar-refractivity contribution in [3.05, 3.63) is 0 Å². The molecule has 0 heterocycles. The topological polar surface area (TPSA) is 55.3 Å². The van der Waals surface area contributed by atoms with E-state index in [1.807, 2.05) is 13.8 Å². The largest absolute Gasteiger partial charge is 0.255 e. The van der Waals surface area contributed by atoms with Gasteiger partial charge in [-0.05, 0) is 13.8 Å². The highest BCUT2D eigenvalue weighted by Crippen LogP contribution is 1.77. The van der Waals surface area contributed by atoms with Crippen LogP contribution in [0.1, 0.15) is 13.8 Å². The molecule has 0 bridgehead atoms. The number of rotatable bonds is 1. The van der Waals surface area contributed by atoms with Crippen molar-refractivity contribution in [1.29, 1.82) is 0 Å².